The monoisotopic (exact) mass is 224 g/mol. The summed E-state index contributed by atoms with van der Waals surface area (Å²) in [6.07, 6.45) is 1.92. The van der Waals surface area contributed by atoms with Crippen molar-refractivity contribution in [2.45, 2.75) is 6.92 Å². The minimum Gasteiger partial charge on any atom is -0.291 e. The first-order valence-corrected chi connectivity index (χ1v) is 5.36. The Morgan fingerprint density at radius 1 is 1.36 bits per heavy atom. The number of halogens is 1. The molecule has 0 radical (unpaired) electrons. The Hall–Kier alpha value is -1.06. The van der Waals surface area contributed by atoms with Crippen molar-refractivity contribution in [3.05, 3.63) is 45.2 Å². The molecule has 0 saturated heterocycles. The van der Waals surface area contributed by atoms with Gasteiger partial charge in [0.25, 0.3) is 0 Å². The summed E-state index contributed by atoms with van der Waals surface area (Å²) in [4.78, 5) is 1.60. The lowest BCUT2D eigenvalue weighted by atomic mass is 10.3. The molecule has 1 aromatic heterocycles. The zero-order chi connectivity index (χ0) is 10.1. The van der Waals surface area contributed by atoms with E-state index >= 15 is 0 Å². The summed E-state index contributed by atoms with van der Waals surface area (Å²) in [6.45, 7) is 1.98. The highest BCUT2D eigenvalue weighted by Crippen LogP contribution is 2.19. The first-order chi connectivity index (χ1) is 6.68. The molecule has 0 unspecified atom stereocenters. The minimum absolute atomic E-state index is 0.496. The normalized spacial score (nSPS) is 10.4. The van der Waals surface area contributed by atoms with Crippen LogP contribution in [0.1, 0.15) is 4.88 Å². The molecule has 0 amide bonds. The summed E-state index contributed by atoms with van der Waals surface area (Å²) >= 11 is 7.48. The summed E-state index contributed by atoms with van der Waals surface area (Å²) < 4.78 is 1.79. The molecular weight excluding hydrogens is 216 g/mol. The average molecular weight is 225 g/mol. The van der Waals surface area contributed by atoms with Crippen molar-refractivity contribution in [2.75, 3.05) is 0 Å². The molecule has 0 fully saturated rings. The molecule has 2 nitrogen and oxygen atoms in total. The third-order valence-corrected chi connectivity index (χ3v) is 3.04. The Morgan fingerprint density at radius 2 is 2.07 bits per heavy atom. The molecule has 0 aliphatic carbocycles. The van der Waals surface area contributed by atoms with E-state index in [0.717, 1.165) is 10.6 Å². The van der Waals surface area contributed by atoms with Crippen LogP contribution in [0.3, 0.4) is 0 Å². The minimum atomic E-state index is 0.496. The van der Waals surface area contributed by atoms with Crippen molar-refractivity contribution in [3.63, 3.8) is 0 Å². The first kappa shape index (κ1) is 9.49. The summed E-state index contributed by atoms with van der Waals surface area (Å²) in [5, 5.41) is 8.42. The number of thiazole rings is 1. The van der Waals surface area contributed by atoms with Crippen LogP contribution in [0.5, 0.6) is 0 Å². The van der Waals surface area contributed by atoms with Crippen molar-refractivity contribution in [1.29, 1.82) is 5.41 Å². The van der Waals surface area contributed by atoms with Gasteiger partial charge in [-0.05, 0) is 19.1 Å². The number of hydrogen-bond acceptors (Lipinski definition) is 2. The topological polar surface area (TPSA) is 28.8 Å². The fourth-order valence-corrected chi connectivity index (χ4v) is 2.23. The predicted octanol–water partition coefficient (Wildman–Crippen LogP) is 2.98. The van der Waals surface area contributed by atoms with Crippen LogP contribution >= 0.6 is 22.9 Å². The molecule has 1 heterocycles. The van der Waals surface area contributed by atoms with Crippen LogP contribution < -0.4 is 4.80 Å². The second kappa shape index (κ2) is 3.59. The van der Waals surface area contributed by atoms with E-state index < -0.39 is 0 Å². The molecule has 72 valence electrons. The number of nitrogens with one attached hydrogen (secondary N) is 1. The molecule has 0 saturated carbocycles. The Balaban J connectivity index is 2.66. The summed E-state index contributed by atoms with van der Waals surface area (Å²) in [5.74, 6) is 0. The zero-order valence-electron chi connectivity index (χ0n) is 7.62. The number of rotatable bonds is 1. The van der Waals surface area contributed by atoms with Crippen molar-refractivity contribution in [3.8, 4) is 5.69 Å². The van der Waals surface area contributed by atoms with Crippen molar-refractivity contribution < 1.29 is 0 Å². The third kappa shape index (κ3) is 1.61. The lowest BCUT2D eigenvalue weighted by molar-refractivity contribution is 0.976. The van der Waals surface area contributed by atoms with Crippen LogP contribution in [0.15, 0.2) is 30.5 Å². The lowest BCUT2D eigenvalue weighted by Gasteiger charge is -2.03. The van der Waals surface area contributed by atoms with E-state index in [4.69, 9.17) is 17.0 Å². The van der Waals surface area contributed by atoms with E-state index in [-0.39, 0.29) is 0 Å². The van der Waals surface area contributed by atoms with Gasteiger partial charge in [-0.3, -0.25) is 9.98 Å². The van der Waals surface area contributed by atoms with Gasteiger partial charge in [-0.1, -0.05) is 23.7 Å². The lowest BCUT2D eigenvalue weighted by Crippen LogP contribution is -2.09. The predicted molar refractivity (Wildman–Crippen MR) is 59.2 cm³/mol. The number of para-hydroxylation sites is 1. The number of aromatic nitrogens is 1. The van der Waals surface area contributed by atoms with Gasteiger partial charge in [0, 0.05) is 11.1 Å². The highest BCUT2D eigenvalue weighted by molar-refractivity contribution is 7.09. The van der Waals surface area contributed by atoms with Gasteiger partial charge in [0.15, 0.2) is 4.80 Å². The highest BCUT2D eigenvalue weighted by Gasteiger charge is 2.03. The Morgan fingerprint density at radius 3 is 2.64 bits per heavy atom. The van der Waals surface area contributed by atoms with Gasteiger partial charge in [-0.2, -0.15) is 0 Å². The van der Waals surface area contributed by atoms with E-state index in [1.807, 2.05) is 37.4 Å². The van der Waals surface area contributed by atoms with Gasteiger partial charge in [0.05, 0.1) is 10.7 Å². The van der Waals surface area contributed by atoms with Gasteiger partial charge in [-0.25, -0.2) is 0 Å². The maximum atomic E-state index is 7.75. The smallest absolute Gasteiger partial charge is 0.186 e. The molecule has 2 rings (SSSR count). The van der Waals surface area contributed by atoms with Crippen molar-refractivity contribution >= 4 is 22.9 Å². The molecule has 2 aromatic rings. The molecule has 0 atom stereocenters. The average Bonchev–Trinajstić information content (AvgIpc) is 2.46. The first-order valence-electron chi connectivity index (χ1n) is 4.17. The Kier molecular flexibility index (Phi) is 2.44. The van der Waals surface area contributed by atoms with E-state index in [0.29, 0.717) is 9.82 Å². The van der Waals surface area contributed by atoms with Crippen molar-refractivity contribution in [2.24, 2.45) is 0 Å². The van der Waals surface area contributed by atoms with Crippen LogP contribution in [0.25, 0.3) is 5.69 Å². The van der Waals surface area contributed by atoms with E-state index in [1.165, 1.54) is 11.3 Å². The molecule has 1 aromatic carbocycles. The fourth-order valence-electron chi connectivity index (χ4n) is 1.29. The Bertz CT molecular complexity index is 513. The van der Waals surface area contributed by atoms with Crippen molar-refractivity contribution in [1.82, 2.24) is 4.57 Å². The number of benzene rings is 1. The molecule has 1 N–H and O–H groups in total. The van der Waals surface area contributed by atoms with Crippen LogP contribution in [-0.4, -0.2) is 4.57 Å². The number of nitrogens with zero attached hydrogens (tertiary/aromatic N) is 1. The van der Waals surface area contributed by atoms with Gasteiger partial charge in [0.2, 0.25) is 0 Å². The maximum absolute atomic E-state index is 7.75. The SMILES string of the molecule is Cc1cn(-c2ccccc2Cl)c(=N)s1. The summed E-state index contributed by atoms with van der Waals surface area (Å²) in [7, 11) is 0. The van der Waals surface area contributed by atoms with Gasteiger partial charge >= 0.3 is 0 Å². The molecule has 4 heteroatoms. The quantitative estimate of drug-likeness (QED) is 0.772. The number of hydrogen-bond donors (Lipinski definition) is 1. The van der Waals surface area contributed by atoms with Crippen LogP contribution in [-0.2, 0) is 0 Å². The van der Waals surface area contributed by atoms with Gasteiger partial charge in [0.1, 0.15) is 0 Å². The second-order valence-electron chi connectivity index (χ2n) is 2.97. The van der Waals surface area contributed by atoms with E-state index in [9.17, 15) is 0 Å². The zero-order valence-corrected chi connectivity index (χ0v) is 9.19. The highest BCUT2D eigenvalue weighted by atomic mass is 35.5. The second-order valence-corrected chi connectivity index (χ2v) is 4.61. The van der Waals surface area contributed by atoms with E-state index in [1.54, 1.807) is 4.57 Å². The molecule has 14 heavy (non-hydrogen) atoms. The molecule has 0 spiro atoms. The largest absolute Gasteiger partial charge is 0.291 e. The molecule has 0 bridgehead atoms. The summed E-state index contributed by atoms with van der Waals surface area (Å²) in [5.41, 5.74) is 0.864. The van der Waals surface area contributed by atoms with Crippen LogP contribution in [0, 0.1) is 12.3 Å². The van der Waals surface area contributed by atoms with E-state index in [2.05, 4.69) is 0 Å². The molecule has 0 aliphatic heterocycles. The standard InChI is InChI=1S/C10H9ClN2S/c1-7-6-13(10(12)14-7)9-5-3-2-4-8(9)11/h2-6,12H,1H3. The van der Waals surface area contributed by atoms with Crippen LogP contribution in [0.2, 0.25) is 5.02 Å². The van der Waals surface area contributed by atoms with Crippen LogP contribution in [0.4, 0.5) is 0 Å². The fraction of sp³-hybridized carbons (Fsp3) is 0.100. The molecular formula is C10H9ClN2S. The van der Waals surface area contributed by atoms with Gasteiger partial charge < -0.3 is 0 Å². The maximum Gasteiger partial charge on any atom is 0.186 e. The third-order valence-electron chi connectivity index (χ3n) is 1.90. The number of aryl methyl sites for hydroxylation is 1. The Labute approximate surface area is 90.9 Å². The molecule has 0 aliphatic rings. The summed E-state index contributed by atoms with van der Waals surface area (Å²) in [6, 6.07) is 7.54. The van der Waals surface area contributed by atoms with Gasteiger partial charge in [-0.15, -0.1) is 11.3 Å².